The second-order valence-electron chi connectivity index (χ2n) is 13.1. The minimum atomic E-state index is -0.108. The van der Waals surface area contributed by atoms with Gasteiger partial charge in [0, 0.05) is 58.5 Å². The zero-order valence-electron chi connectivity index (χ0n) is 26.6. The van der Waals surface area contributed by atoms with Crippen molar-refractivity contribution in [3.05, 3.63) is 120 Å². The number of hydrogen-bond acceptors (Lipinski definition) is 6. The molecule has 6 heteroatoms. The zero-order valence-corrected chi connectivity index (χ0v) is 26.6. The molecule has 3 aromatic rings. The maximum atomic E-state index is 9.27. The van der Waals surface area contributed by atoms with E-state index in [-0.39, 0.29) is 6.10 Å². The van der Waals surface area contributed by atoms with E-state index >= 15 is 0 Å². The molecule has 1 N–H and O–H groups in total. The van der Waals surface area contributed by atoms with Gasteiger partial charge in [-0.15, -0.1) is 0 Å². The van der Waals surface area contributed by atoms with E-state index in [2.05, 4.69) is 101 Å². The van der Waals surface area contributed by atoms with Gasteiger partial charge >= 0.3 is 0 Å². The van der Waals surface area contributed by atoms with Crippen LogP contribution in [0.5, 0.6) is 0 Å². The number of likely N-dealkylation sites (tertiary alicyclic amines) is 1. The summed E-state index contributed by atoms with van der Waals surface area (Å²) in [4.78, 5) is 4.97. The molecule has 45 heavy (non-hydrogen) atoms. The molecule has 6 nitrogen and oxygen atoms in total. The summed E-state index contributed by atoms with van der Waals surface area (Å²) >= 11 is 0. The largest absolute Gasteiger partial charge is 0.495 e. The van der Waals surface area contributed by atoms with E-state index in [0.29, 0.717) is 31.0 Å². The van der Waals surface area contributed by atoms with Crippen molar-refractivity contribution in [2.45, 2.75) is 95.2 Å². The second-order valence-corrected chi connectivity index (χ2v) is 13.1. The lowest BCUT2D eigenvalue weighted by Crippen LogP contribution is -2.42. The van der Waals surface area contributed by atoms with Crippen LogP contribution in [0.1, 0.15) is 61.6 Å². The van der Waals surface area contributed by atoms with Crippen LogP contribution in [-0.2, 0) is 33.9 Å². The highest BCUT2D eigenvalue weighted by Crippen LogP contribution is 2.31. The van der Waals surface area contributed by atoms with E-state index in [0.717, 1.165) is 84.2 Å². The fourth-order valence-electron chi connectivity index (χ4n) is 6.50. The highest BCUT2D eigenvalue weighted by atomic mass is 16.5. The van der Waals surface area contributed by atoms with E-state index in [1.54, 1.807) is 0 Å². The highest BCUT2D eigenvalue weighted by Gasteiger charge is 2.33. The van der Waals surface area contributed by atoms with Crippen molar-refractivity contribution in [1.82, 2.24) is 9.80 Å². The molecule has 0 unspecified atom stereocenters. The number of rotatable bonds is 11. The van der Waals surface area contributed by atoms with Gasteiger partial charge in [-0.2, -0.15) is 0 Å². The first-order valence-corrected chi connectivity index (χ1v) is 17.0. The van der Waals surface area contributed by atoms with Gasteiger partial charge in [0.25, 0.3) is 0 Å². The third kappa shape index (κ3) is 10.2. The van der Waals surface area contributed by atoms with Crippen molar-refractivity contribution in [1.29, 1.82) is 0 Å². The van der Waals surface area contributed by atoms with Gasteiger partial charge in [-0.3, -0.25) is 9.80 Å². The first-order chi connectivity index (χ1) is 22.1. The Morgan fingerprint density at radius 2 is 1.18 bits per heavy atom. The first-order valence-electron chi connectivity index (χ1n) is 17.0. The zero-order chi connectivity index (χ0) is 30.7. The van der Waals surface area contributed by atoms with Crippen molar-refractivity contribution in [2.75, 3.05) is 26.2 Å². The molecule has 2 aliphatic heterocycles. The van der Waals surface area contributed by atoms with Gasteiger partial charge in [-0.1, -0.05) is 91.0 Å². The Hall–Kier alpha value is -3.00. The van der Waals surface area contributed by atoms with Crippen molar-refractivity contribution in [3.63, 3.8) is 0 Å². The average Bonchev–Trinajstić information content (AvgIpc) is 3.05. The molecule has 3 fully saturated rings. The predicted molar refractivity (Wildman–Crippen MR) is 178 cm³/mol. The average molecular weight is 611 g/mol. The summed E-state index contributed by atoms with van der Waals surface area (Å²) < 4.78 is 18.1. The molecule has 0 bridgehead atoms. The van der Waals surface area contributed by atoms with E-state index in [1.807, 2.05) is 6.07 Å². The Bertz CT molecular complexity index is 1280. The summed E-state index contributed by atoms with van der Waals surface area (Å²) in [6.45, 7) is 7.06. The molecule has 0 aromatic heterocycles. The lowest BCUT2D eigenvalue weighted by molar-refractivity contribution is -0.117. The molecule has 0 amide bonds. The van der Waals surface area contributed by atoms with E-state index in [1.165, 1.54) is 22.4 Å². The number of nitrogens with zero attached hydrogens (tertiary/aromatic N) is 2. The molecule has 0 atom stereocenters. The van der Waals surface area contributed by atoms with Crippen LogP contribution in [0.4, 0.5) is 0 Å². The second kappa shape index (κ2) is 16.5. The van der Waals surface area contributed by atoms with Gasteiger partial charge in [-0.25, -0.2) is 0 Å². The van der Waals surface area contributed by atoms with Crippen LogP contribution in [0.15, 0.2) is 103 Å². The monoisotopic (exact) mass is 610 g/mol. The minimum Gasteiger partial charge on any atom is -0.495 e. The lowest BCUT2D eigenvalue weighted by atomic mass is 9.91. The summed E-state index contributed by atoms with van der Waals surface area (Å²) in [7, 11) is 0. The van der Waals surface area contributed by atoms with Crippen molar-refractivity contribution >= 4 is 0 Å². The van der Waals surface area contributed by atoms with Crippen LogP contribution >= 0.6 is 0 Å². The van der Waals surface area contributed by atoms with Gasteiger partial charge in [0.05, 0.1) is 36.8 Å². The molecule has 240 valence electrons. The molecule has 7 rings (SSSR count). The predicted octanol–water partition coefficient (Wildman–Crippen LogP) is 6.73. The molecule has 0 radical (unpaired) electrons. The molecule has 2 saturated carbocycles. The summed E-state index contributed by atoms with van der Waals surface area (Å²) in [6.07, 6.45) is 10.5. The Labute approximate surface area is 269 Å². The number of piperidine rings is 1. The third-order valence-electron chi connectivity index (χ3n) is 9.44. The Balaban J connectivity index is 0.000000167. The standard InChI is InChI=1S/C23H27NO2.C16H23NO2/c1-3-7-19(8-4-1)17-24-13-11-21(12-14-24)26-23-15-22(16-23)25-18-20-9-5-2-6-10-20;18-14-10-16(11-14)19-15-6-8-17(9-7-15)12-13-4-2-1-3-5-13/h1-11,22-23H,12-18H2;1-5,14-16,18H,6-12H2. The molecule has 2 aliphatic carbocycles. The maximum Gasteiger partial charge on any atom is 0.103 e. The fraction of sp³-hybridized carbons (Fsp3) is 0.487. The summed E-state index contributed by atoms with van der Waals surface area (Å²) in [5, 5.41) is 9.27. The van der Waals surface area contributed by atoms with Gasteiger partial charge in [0.15, 0.2) is 0 Å². The summed E-state index contributed by atoms with van der Waals surface area (Å²) in [6, 6.07) is 31.7. The number of benzene rings is 3. The van der Waals surface area contributed by atoms with Crippen LogP contribution in [-0.4, -0.2) is 71.6 Å². The van der Waals surface area contributed by atoms with Gasteiger partial charge in [0.1, 0.15) is 6.10 Å². The lowest BCUT2D eigenvalue weighted by Gasteiger charge is -2.38. The third-order valence-corrected chi connectivity index (χ3v) is 9.44. The Kier molecular flexibility index (Phi) is 11.7. The number of aliphatic hydroxyl groups excluding tert-OH is 1. The van der Waals surface area contributed by atoms with Crippen LogP contribution in [0.3, 0.4) is 0 Å². The van der Waals surface area contributed by atoms with Crippen LogP contribution in [0.25, 0.3) is 0 Å². The van der Waals surface area contributed by atoms with Crippen LogP contribution < -0.4 is 0 Å². The van der Waals surface area contributed by atoms with Gasteiger partial charge < -0.3 is 19.3 Å². The first kappa shape index (κ1) is 32.0. The van der Waals surface area contributed by atoms with E-state index in [4.69, 9.17) is 14.2 Å². The fourth-order valence-corrected chi connectivity index (χ4v) is 6.50. The maximum absolute atomic E-state index is 9.27. The van der Waals surface area contributed by atoms with Gasteiger partial charge in [0.2, 0.25) is 0 Å². The van der Waals surface area contributed by atoms with Crippen LogP contribution in [0, 0.1) is 0 Å². The van der Waals surface area contributed by atoms with E-state index < -0.39 is 0 Å². The Morgan fingerprint density at radius 3 is 1.73 bits per heavy atom. The van der Waals surface area contributed by atoms with Crippen molar-refractivity contribution < 1.29 is 19.3 Å². The van der Waals surface area contributed by atoms with Gasteiger partial charge in [-0.05, 0) is 48.4 Å². The summed E-state index contributed by atoms with van der Waals surface area (Å²) in [5.74, 6) is 1.17. The topological polar surface area (TPSA) is 54.4 Å². The molecule has 0 spiro atoms. The molecule has 1 saturated heterocycles. The Morgan fingerprint density at radius 1 is 0.600 bits per heavy atom. The smallest absolute Gasteiger partial charge is 0.103 e. The van der Waals surface area contributed by atoms with Crippen molar-refractivity contribution in [3.8, 4) is 0 Å². The van der Waals surface area contributed by atoms with Crippen molar-refractivity contribution in [2.24, 2.45) is 0 Å². The quantitative estimate of drug-likeness (QED) is 0.260. The number of hydrogen-bond donors (Lipinski definition) is 1. The molecule has 3 aromatic carbocycles. The van der Waals surface area contributed by atoms with E-state index in [9.17, 15) is 5.11 Å². The molecule has 2 heterocycles. The molecule has 4 aliphatic rings. The highest BCUT2D eigenvalue weighted by molar-refractivity contribution is 5.16. The number of aliphatic hydroxyl groups is 1. The minimum absolute atomic E-state index is 0.108. The normalized spacial score (nSPS) is 25.7. The number of ether oxygens (including phenoxy) is 3. The summed E-state index contributed by atoms with van der Waals surface area (Å²) in [5.41, 5.74) is 4.01. The molecular formula is C39H50N2O4. The van der Waals surface area contributed by atoms with Crippen LogP contribution in [0.2, 0.25) is 0 Å². The SMILES string of the molecule is C1=C(OC2CC(OCc3ccccc3)C2)CCN(Cc2ccccc2)C1.OC1CC(OC2CCN(Cc3ccccc3)CC2)C1. The molecular weight excluding hydrogens is 560 g/mol.